The number of halogens is 1. The number of aromatic amines is 1. The number of nitrogens with zero attached hydrogens (tertiary/aromatic N) is 1. The van der Waals surface area contributed by atoms with E-state index in [1.54, 1.807) is 18.3 Å². The summed E-state index contributed by atoms with van der Waals surface area (Å²) in [6.45, 7) is 0.0661. The Balaban J connectivity index is 1.50. The summed E-state index contributed by atoms with van der Waals surface area (Å²) >= 11 is 3.52. The second-order valence-electron chi connectivity index (χ2n) is 10.4. The first-order valence-corrected chi connectivity index (χ1v) is 13.9. The van der Waals surface area contributed by atoms with Gasteiger partial charge in [-0.15, -0.1) is 0 Å². The smallest absolute Gasteiger partial charge is 0.325 e. The molecule has 1 aromatic heterocycles. The fraction of sp³-hybridized carbons (Fsp3) is 0.258. The van der Waals surface area contributed by atoms with Crippen LogP contribution in [0.4, 0.5) is 0 Å². The van der Waals surface area contributed by atoms with Crippen LogP contribution in [0.2, 0.25) is 0 Å². The molecule has 0 bridgehead atoms. The van der Waals surface area contributed by atoms with Gasteiger partial charge in [-0.3, -0.25) is 24.6 Å². The highest BCUT2D eigenvalue weighted by atomic mass is 79.9. The molecule has 41 heavy (non-hydrogen) atoms. The van der Waals surface area contributed by atoms with Gasteiger partial charge in [-0.05, 0) is 50.8 Å². The van der Waals surface area contributed by atoms with Crippen molar-refractivity contribution < 1.29 is 29.0 Å². The van der Waals surface area contributed by atoms with Gasteiger partial charge in [0.1, 0.15) is 5.54 Å². The predicted octanol–water partition coefficient (Wildman–Crippen LogP) is 4.46. The van der Waals surface area contributed by atoms with Crippen LogP contribution in [0.15, 0.2) is 77.4 Å². The third kappa shape index (κ3) is 4.29. The van der Waals surface area contributed by atoms with Gasteiger partial charge in [-0.2, -0.15) is 0 Å². The number of amides is 2. The number of nitrogens with one attached hydrogen (secondary N) is 2. The summed E-state index contributed by atoms with van der Waals surface area (Å²) in [5.74, 6) is -3.30. The molecule has 210 valence electrons. The van der Waals surface area contributed by atoms with Crippen molar-refractivity contribution in [3.63, 3.8) is 0 Å². The van der Waals surface area contributed by atoms with Crippen LogP contribution in [0.3, 0.4) is 0 Å². The Hall–Kier alpha value is -4.15. The van der Waals surface area contributed by atoms with Gasteiger partial charge in [-0.1, -0.05) is 48.5 Å². The second kappa shape index (κ2) is 10.4. The molecule has 0 radical (unpaired) electrons. The number of fused-ring (bicyclic) bond motifs is 2. The van der Waals surface area contributed by atoms with E-state index in [0.29, 0.717) is 21.5 Å². The Morgan fingerprint density at radius 2 is 1.76 bits per heavy atom. The molecule has 3 heterocycles. The first-order valence-electron chi connectivity index (χ1n) is 13.2. The fourth-order valence-electron chi connectivity index (χ4n) is 6.40. The van der Waals surface area contributed by atoms with Crippen LogP contribution in [0.1, 0.15) is 22.7 Å². The molecule has 0 spiro atoms. The molecule has 9 nitrogen and oxygen atoms in total. The van der Waals surface area contributed by atoms with Crippen molar-refractivity contribution in [2.24, 2.45) is 11.8 Å². The zero-order valence-electron chi connectivity index (χ0n) is 22.4. The molecule has 0 saturated carbocycles. The minimum Gasteiger partial charge on any atom is -0.493 e. The third-order valence-electron chi connectivity index (χ3n) is 8.27. The van der Waals surface area contributed by atoms with E-state index in [0.717, 1.165) is 22.0 Å². The molecule has 3 aromatic carbocycles. The van der Waals surface area contributed by atoms with Gasteiger partial charge in [0.25, 0.3) is 0 Å². The topological polar surface area (TPSA) is 121 Å². The number of hydrogen-bond donors (Lipinski definition) is 3. The average molecular weight is 618 g/mol. The highest BCUT2D eigenvalue weighted by Crippen LogP contribution is 2.52. The summed E-state index contributed by atoms with van der Waals surface area (Å²) in [7, 11) is 3.02. The number of likely N-dealkylation sites (tertiary alicyclic amines) is 1. The Labute approximate surface area is 244 Å². The maximum atomic E-state index is 14.1. The monoisotopic (exact) mass is 617 g/mol. The van der Waals surface area contributed by atoms with Gasteiger partial charge in [0.05, 0.1) is 37.1 Å². The normalized spacial score (nSPS) is 23.7. The number of carboxylic acid groups (broad SMARTS) is 1. The summed E-state index contributed by atoms with van der Waals surface area (Å²) in [5, 5.41) is 15.0. The molecule has 2 aliphatic rings. The average Bonchev–Trinajstić information content (AvgIpc) is 3.62. The number of carbonyl (C=O) groups excluding carboxylic acids is 2. The van der Waals surface area contributed by atoms with E-state index in [1.807, 2.05) is 54.6 Å². The summed E-state index contributed by atoms with van der Waals surface area (Å²) in [5.41, 5.74) is 1.24. The molecule has 6 rings (SSSR count). The number of aliphatic carboxylic acids is 1. The second-order valence-corrected chi connectivity index (χ2v) is 11.3. The summed E-state index contributed by atoms with van der Waals surface area (Å²) in [4.78, 5) is 45.9. The molecular formula is C31H28BrN3O6. The lowest BCUT2D eigenvalue weighted by atomic mass is 9.76. The van der Waals surface area contributed by atoms with Gasteiger partial charge in [0.2, 0.25) is 11.8 Å². The van der Waals surface area contributed by atoms with Crippen molar-refractivity contribution in [2.75, 3.05) is 14.2 Å². The number of benzene rings is 3. The van der Waals surface area contributed by atoms with Crippen molar-refractivity contribution in [1.82, 2.24) is 15.2 Å². The van der Waals surface area contributed by atoms with E-state index in [9.17, 15) is 19.5 Å². The Morgan fingerprint density at radius 1 is 1.02 bits per heavy atom. The van der Waals surface area contributed by atoms with E-state index in [4.69, 9.17) is 9.47 Å². The lowest BCUT2D eigenvalue weighted by molar-refractivity contribution is -0.151. The molecule has 4 unspecified atom stereocenters. The SMILES string of the molecule is COc1cc(C2NC(Cc3c[nH]c4ccccc34)(C(=O)O)C3C(=O)N(Cc4ccccc4)C(=O)C23)cc(Br)c1OC. The van der Waals surface area contributed by atoms with Gasteiger partial charge >= 0.3 is 5.97 Å². The molecule has 2 aliphatic heterocycles. The van der Waals surface area contributed by atoms with E-state index in [1.165, 1.54) is 19.1 Å². The van der Waals surface area contributed by atoms with Gasteiger partial charge < -0.3 is 19.6 Å². The van der Waals surface area contributed by atoms with Crippen LogP contribution in [0, 0.1) is 11.8 Å². The lowest BCUT2D eigenvalue weighted by Gasteiger charge is -2.31. The highest BCUT2D eigenvalue weighted by molar-refractivity contribution is 9.10. The van der Waals surface area contributed by atoms with Crippen molar-refractivity contribution in [1.29, 1.82) is 0 Å². The molecule has 2 saturated heterocycles. The number of aromatic nitrogens is 1. The fourth-order valence-corrected chi connectivity index (χ4v) is 7.02. The number of carbonyl (C=O) groups is 3. The molecule has 4 atom stereocenters. The van der Waals surface area contributed by atoms with Crippen molar-refractivity contribution >= 4 is 44.6 Å². The van der Waals surface area contributed by atoms with Gasteiger partial charge in [0.15, 0.2) is 11.5 Å². The number of carboxylic acids is 1. The molecule has 2 fully saturated rings. The molecular weight excluding hydrogens is 590 g/mol. The van der Waals surface area contributed by atoms with Crippen molar-refractivity contribution in [3.05, 3.63) is 94.1 Å². The number of methoxy groups -OCH3 is 2. The standard InChI is InChI=1S/C31H28BrN3O6/c1-40-23-13-18(12-21(32)27(23)41-2)26-24-25(29(37)35(28(24)36)16-17-8-4-3-5-9-17)31(34-26,30(38)39)14-19-15-33-22-11-7-6-10-20(19)22/h3-13,15,24-26,33-34H,14,16H2,1-2H3,(H,38,39). The number of H-pyrrole nitrogens is 1. The number of para-hydroxylation sites is 1. The summed E-state index contributed by atoms with van der Waals surface area (Å²) in [6.07, 6.45) is 1.77. The zero-order chi connectivity index (χ0) is 28.9. The van der Waals surface area contributed by atoms with Crippen molar-refractivity contribution in [3.8, 4) is 11.5 Å². The minimum atomic E-state index is -1.75. The predicted molar refractivity (Wildman–Crippen MR) is 154 cm³/mol. The van der Waals surface area contributed by atoms with E-state index < -0.39 is 41.2 Å². The maximum absolute atomic E-state index is 14.1. The first-order chi connectivity index (χ1) is 19.8. The summed E-state index contributed by atoms with van der Waals surface area (Å²) in [6, 6.07) is 19.5. The maximum Gasteiger partial charge on any atom is 0.325 e. The van der Waals surface area contributed by atoms with Crippen LogP contribution >= 0.6 is 15.9 Å². The summed E-state index contributed by atoms with van der Waals surface area (Å²) < 4.78 is 11.6. The van der Waals surface area contributed by atoms with Crippen LogP contribution in [0.5, 0.6) is 11.5 Å². The van der Waals surface area contributed by atoms with Crippen LogP contribution in [-0.2, 0) is 27.3 Å². The van der Waals surface area contributed by atoms with E-state index in [2.05, 4.69) is 26.2 Å². The Morgan fingerprint density at radius 3 is 2.46 bits per heavy atom. The molecule has 0 aliphatic carbocycles. The Kier molecular flexibility index (Phi) is 6.83. The quantitative estimate of drug-likeness (QED) is 0.250. The molecule has 4 aromatic rings. The van der Waals surface area contributed by atoms with Gasteiger partial charge in [-0.25, -0.2) is 0 Å². The van der Waals surface area contributed by atoms with E-state index >= 15 is 0 Å². The molecule has 3 N–H and O–H groups in total. The number of rotatable bonds is 8. The van der Waals surface area contributed by atoms with Gasteiger partial charge in [0, 0.05) is 29.6 Å². The van der Waals surface area contributed by atoms with Crippen LogP contribution in [-0.4, -0.2) is 52.5 Å². The minimum absolute atomic E-state index is 0.00330. The largest absolute Gasteiger partial charge is 0.493 e. The number of imide groups is 1. The van der Waals surface area contributed by atoms with Crippen LogP contribution in [0.25, 0.3) is 10.9 Å². The zero-order valence-corrected chi connectivity index (χ0v) is 24.0. The molecule has 2 amide bonds. The molecule has 10 heteroatoms. The first kappa shape index (κ1) is 27.0. The van der Waals surface area contributed by atoms with Crippen LogP contribution < -0.4 is 14.8 Å². The highest BCUT2D eigenvalue weighted by Gasteiger charge is 2.68. The number of ether oxygens (including phenoxy) is 2. The van der Waals surface area contributed by atoms with E-state index in [-0.39, 0.29) is 13.0 Å². The number of hydrogen-bond acceptors (Lipinski definition) is 6. The van der Waals surface area contributed by atoms with Crippen molar-refractivity contribution in [2.45, 2.75) is 24.5 Å². The Bertz CT molecular complexity index is 1670. The lowest BCUT2D eigenvalue weighted by Crippen LogP contribution is -2.57. The third-order valence-corrected chi connectivity index (χ3v) is 8.86.